The number of rotatable bonds is 2. The normalized spacial score (nSPS) is 24.9. The van der Waals surface area contributed by atoms with E-state index in [1.54, 1.807) is 0 Å². The minimum absolute atomic E-state index is 0.0300. The fraction of sp³-hybridized carbons (Fsp3) is 0.571. The SMILES string of the molecule is CC1(C)CCCC1C(O)c1cc(F)cc(F)c1. The number of aliphatic hydroxyl groups is 1. The minimum Gasteiger partial charge on any atom is -0.388 e. The number of hydrogen-bond acceptors (Lipinski definition) is 1. The van der Waals surface area contributed by atoms with Gasteiger partial charge < -0.3 is 5.11 Å². The fourth-order valence-corrected chi connectivity index (χ4v) is 2.92. The molecule has 1 fully saturated rings. The third kappa shape index (κ3) is 2.49. The lowest BCUT2D eigenvalue weighted by Gasteiger charge is -2.31. The summed E-state index contributed by atoms with van der Waals surface area (Å²) in [7, 11) is 0. The van der Waals surface area contributed by atoms with E-state index in [4.69, 9.17) is 0 Å². The van der Waals surface area contributed by atoms with Crippen molar-refractivity contribution < 1.29 is 13.9 Å². The summed E-state index contributed by atoms with van der Waals surface area (Å²) >= 11 is 0. The van der Waals surface area contributed by atoms with Crippen LogP contribution < -0.4 is 0 Å². The van der Waals surface area contributed by atoms with Gasteiger partial charge >= 0.3 is 0 Å². The zero-order chi connectivity index (χ0) is 12.6. The lowest BCUT2D eigenvalue weighted by molar-refractivity contribution is 0.0527. The van der Waals surface area contributed by atoms with Crippen LogP contribution in [0.1, 0.15) is 44.8 Å². The van der Waals surface area contributed by atoms with Crippen LogP contribution in [0.25, 0.3) is 0 Å². The highest BCUT2D eigenvalue weighted by Crippen LogP contribution is 2.48. The lowest BCUT2D eigenvalue weighted by Crippen LogP contribution is -2.24. The average Bonchev–Trinajstić information content (AvgIpc) is 2.55. The maximum absolute atomic E-state index is 13.1. The molecule has 0 aliphatic heterocycles. The van der Waals surface area contributed by atoms with E-state index in [1.165, 1.54) is 12.1 Å². The molecule has 1 aliphatic carbocycles. The molecule has 0 heterocycles. The first-order valence-electron chi connectivity index (χ1n) is 6.04. The standard InChI is InChI=1S/C14H18F2O/c1-14(2)5-3-4-12(14)13(17)9-6-10(15)8-11(16)7-9/h6-8,12-13,17H,3-5H2,1-2H3. The van der Waals surface area contributed by atoms with Crippen molar-refractivity contribution in [3.05, 3.63) is 35.4 Å². The van der Waals surface area contributed by atoms with E-state index in [0.717, 1.165) is 25.3 Å². The molecule has 17 heavy (non-hydrogen) atoms. The van der Waals surface area contributed by atoms with Crippen LogP contribution in [0.4, 0.5) is 8.78 Å². The van der Waals surface area contributed by atoms with Crippen LogP contribution in [0.3, 0.4) is 0 Å². The first kappa shape index (κ1) is 12.5. The summed E-state index contributed by atoms with van der Waals surface area (Å²) in [6, 6.07) is 3.28. The monoisotopic (exact) mass is 240 g/mol. The van der Waals surface area contributed by atoms with Gasteiger partial charge in [0, 0.05) is 6.07 Å². The highest BCUT2D eigenvalue weighted by Gasteiger charge is 2.39. The molecule has 0 amide bonds. The molecular formula is C14H18F2O. The maximum Gasteiger partial charge on any atom is 0.126 e. The summed E-state index contributed by atoms with van der Waals surface area (Å²) in [4.78, 5) is 0. The van der Waals surface area contributed by atoms with Crippen LogP contribution in [-0.2, 0) is 0 Å². The molecule has 0 radical (unpaired) electrons. The Morgan fingerprint density at radius 3 is 2.29 bits per heavy atom. The van der Waals surface area contributed by atoms with E-state index in [0.29, 0.717) is 5.56 Å². The number of halogens is 2. The Balaban J connectivity index is 2.27. The topological polar surface area (TPSA) is 20.2 Å². The maximum atomic E-state index is 13.1. The van der Waals surface area contributed by atoms with Crippen molar-refractivity contribution in [2.75, 3.05) is 0 Å². The highest BCUT2D eigenvalue weighted by atomic mass is 19.1. The lowest BCUT2D eigenvalue weighted by atomic mass is 9.77. The third-order valence-corrected chi connectivity index (χ3v) is 3.95. The van der Waals surface area contributed by atoms with Crippen molar-refractivity contribution >= 4 is 0 Å². The van der Waals surface area contributed by atoms with Crippen LogP contribution in [0.2, 0.25) is 0 Å². The Morgan fingerprint density at radius 2 is 1.82 bits per heavy atom. The first-order valence-corrected chi connectivity index (χ1v) is 6.04. The number of hydrogen-bond donors (Lipinski definition) is 1. The van der Waals surface area contributed by atoms with Gasteiger partial charge in [0.1, 0.15) is 11.6 Å². The minimum atomic E-state index is -0.780. The Labute approximate surface area is 100 Å². The third-order valence-electron chi connectivity index (χ3n) is 3.95. The molecule has 1 aromatic rings. The second-order valence-corrected chi connectivity index (χ2v) is 5.63. The van der Waals surface area contributed by atoms with Crippen LogP contribution in [-0.4, -0.2) is 5.11 Å². The molecule has 1 aromatic carbocycles. The van der Waals surface area contributed by atoms with E-state index < -0.39 is 17.7 Å². The van der Waals surface area contributed by atoms with Gasteiger partial charge in [0.05, 0.1) is 6.10 Å². The van der Waals surface area contributed by atoms with Crippen LogP contribution in [0, 0.1) is 23.0 Å². The van der Waals surface area contributed by atoms with Gasteiger partial charge in [-0.3, -0.25) is 0 Å². The van der Waals surface area contributed by atoms with Gasteiger partial charge in [0.15, 0.2) is 0 Å². The summed E-state index contributed by atoms with van der Waals surface area (Å²) in [5, 5.41) is 10.3. The molecule has 1 nitrogen and oxygen atoms in total. The molecule has 1 aliphatic rings. The van der Waals surface area contributed by atoms with Crippen molar-refractivity contribution in [2.24, 2.45) is 11.3 Å². The van der Waals surface area contributed by atoms with Gasteiger partial charge in [-0.1, -0.05) is 20.3 Å². The molecule has 2 rings (SSSR count). The fourth-order valence-electron chi connectivity index (χ4n) is 2.92. The smallest absolute Gasteiger partial charge is 0.126 e. The Morgan fingerprint density at radius 1 is 1.24 bits per heavy atom. The second kappa shape index (κ2) is 4.37. The summed E-state index contributed by atoms with van der Waals surface area (Å²) < 4.78 is 26.2. The van der Waals surface area contributed by atoms with Crippen LogP contribution in [0.5, 0.6) is 0 Å². The van der Waals surface area contributed by atoms with Gasteiger partial charge in [0.25, 0.3) is 0 Å². The van der Waals surface area contributed by atoms with Gasteiger partial charge in [0.2, 0.25) is 0 Å². The second-order valence-electron chi connectivity index (χ2n) is 5.63. The first-order chi connectivity index (χ1) is 7.90. The van der Waals surface area contributed by atoms with Crippen molar-refractivity contribution in [1.29, 1.82) is 0 Å². The Kier molecular flexibility index (Phi) is 3.21. The largest absolute Gasteiger partial charge is 0.388 e. The van der Waals surface area contributed by atoms with E-state index in [9.17, 15) is 13.9 Å². The van der Waals surface area contributed by atoms with E-state index in [1.807, 2.05) is 0 Å². The van der Waals surface area contributed by atoms with E-state index >= 15 is 0 Å². The molecule has 0 aromatic heterocycles. The Hall–Kier alpha value is -0.960. The molecule has 0 bridgehead atoms. The number of aliphatic hydroxyl groups excluding tert-OH is 1. The van der Waals surface area contributed by atoms with Gasteiger partial charge in [-0.05, 0) is 41.9 Å². The van der Waals surface area contributed by atoms with Crippen molar-refractivity contribution in [2.45, 2.75) is 39.2 Å². The molecule has 3 heteroatoms. The molecule has 2 unspecified atom stereocenters. The summed E-state index contributed by atoms with van der Waals surface area (Å²) in [6.07, 6.45) is 2.24. The van der Waals surface area contributed by atoms with Crippen molar-refractivity contribution in [3.8, 4) is 0 Å². The predicted octanol–water partition coefficient (Wildman–Crippen LogP) is 3.82. The van der Waals surface area contributed by atoms with Gasteiger partial charge in [-0.15, -0.1) is 0 Å². The quantitative estimate of drug-likeness (QED) is 0.833. The summed E-state index contributed by atoms with van der Waals surface area (Å²) in [6.45, 7) is 4.20. The van der Waals surface area contributed by atoms with Crippen molar-refractivity contribution in [1.82, 2.24) is 0 Å². The average molecular weight is 240 g/mol. The molecule has 0 spiro atoms. The zero-order valence-corrected chi connectivity index (χ0v) is 10.2. The number of benzene rings is 1. The zero-order valence-electron chi connectivity index (χ0n) is 10.2. The molecule has 2 atom stereocenters. The van der Waals surface area contributed by atoms with Gasteiger partial charge in [-0.2, -0.15) is 0 Å². The van der Waals surface area contributed by atoms with Crippen LogP contribution in [0.15, 0.2) is 18.2 Å². The predicted molar refractivity (Wildman–Crippen MR) is 62.4 cm³/mol. The molecule has 0 saturated heterocycles. The van der Waals surface area contributed by atoms with E-state index in [-0.39, 0.29) is 11.3 Å². The summed E-state index contributed by atoms with van der Waals surface area (Å²) in [5.74, 6) is -1.19. The Bertz CT molecular complexity index is 394. The van der Waals surface area contributed by atoms with E-state index in [2.05, 4.69) is 13.8 Å². The summed E-state index contributed by atoms with van der Waals surface area (Å²) in [5.41, 5.74) is 0.379. The molecule has 1 N–H and O–H groups in total. The van der Waals surface area contributed by atoms with Crippen molar-refractivity contribution in [3.63, 3.8) is 0 Å². The highest BCUT2D eigenvalue weighted by molar-refractivity contribution is 5.21. The molecule has 1 saturated carbocycles. The van der Waals surface area contributed by atoms with Gasteiger partial charge in [-0.25, -0.2) is 8.78 Å². The molecule has 94 valence electrons. The van der Waals surface area contributed by atoms with Crippen LogP contribution >= 0.6 is 0 Å². The molecular weight excluding hydrogens is 222 g/mol.